The molecule has 0 aromatic rings. The molecule has 0 radical (unpaired) electrons. The Morgan fingerprint density at radius 3 is 2.37 bits per heavy atom. The Morgan fingerprint density at radius 2 is 1.87 bits per heavy atom. The fraction of sp³-hybridized carbons (Fsp3) is 0.800. The van der Waals surface area contributed by atoms with Gasteiger partial charge < -0.3 is 20.7 Å². The number of Topliss-reactive ketones (excluding diaryl/α,β-unsaturated/α-hetero) is 1. The molecule has 1 heterocycles. The van der Waals surface area contributed by atoms with Gasteiger partial charge in [0.05, 0.1) is 12.6 Å². The van der Waals surface area contributed by atoms with Gasteiger partial charge in [-0.05, 0) is 33.1 Å². The summed E-state index contributed by atoms with van der Waals surface area (Å²) >= 11 is 1.08. The Morgan fingerprint density at radius 1 is 1.20 bits per heavy atom. The van der Waals surface area contributed by atoms with Gasteiger partial charge in [-0.25, -0.2) is 4.79 Å². The Hall–Kier alpha value is -1.65. The molecule has 4 atom stereocenters. The molecule has 30 heavy (non-hydrogen) atoms. The SMILES string of the molecule is CCCCC[C@H](SC[C@@H](C(=O)OCC)N1CCCC1(C(=O)O)C(=O)C(C)N)C(=O)O. The van der Waals surface area contributed by atoms with E-state index >= 15 is 0 Å². The molecule has 0 aliphatic carbocycles. The van der Waals surface area contributed by atoms with E-state index in [4.69, 9.17) is 10.5 Å². The molecule has 4 N–H and O–H groups in total. The van der Waals surface area contributed by atoms with Gasteiger partial charge >= 0.3 is 17.9 Å². The molecule has 0 amide bonds. The first-order valence-electron chi connectivity index (χ1n) is 10.4. The van der Waals surface area contributed by atoms with Crippen LogP contribution in [0.4, 0.5) is 0 Å². The Bertz CT molecular complexity index is 628. The van der Waals surface area contributed by atoms with Gasteiger partial charge in [-0.1, -0.05) is 26.2 Å². The van der Waals surface area contributed by atoms with Crippen LogP contribution in [-0.4, -0.2) is 80.6 Å². The first kappa shape index (κ1) is 26.4. The third-order valence-corrected chi connectivity index (χ3v) is 6.69. The van der Waals surface area contributed by atoms with Crippen molar-refractivity contribution in [2.24, 2.45) is 5.73 Å². The van der Waals surface area contributed by atoms with Crippen molar-refractivity contribution in [1.29, 1.82) is 0 Å². The summed E-state index contributed by atoms with van der Waals surface area (Å²) in [4.78, 5) is 50.8. The van der Waals surface area contributed by atoms with Crippen molar-refractivity contribution in [3.05, 3.63) is 0 Å². The van der Waals surface area contributed by atoms with E-state index in [0.29, 0.717) is 12.8 Å². The molecule has 172 valence electrons. The minimum Gasteiger partial charge on any atom is -0.480 e. The highest BCUT2D eigenvalue weighted by molar-refractivity contribution is 8.00. The summed E-state index contributed by atoms with van der Waals surface area (Å²) in [5.41, 5.74) is 3.82. The van der Waals surface area contributed by atoms with Gasteiger partial charge in [0.1, 0.15) is 11.3 Å². The molecule has 2 unspecified atom stereocenters. The van der Waals surface area contributed by atoms with Crippen LogP contribution in [0.25, 0.3) is 0 Å². The number of unbranched alkanes of at least 4 members (excludes halogenated alkanes) is 2. The van der Waals surface area contributed by atoms with Crippen molar-refractivity contribution >= 4 is 35.5 Å². The van der Waals surface area contributed by atoms with E-state index in [1.54, 1.807) is 6.92 Å². The Kier molecular flexibility index (Phi) is 10.8. The highest BCUT2D eigenvalue weighted by Crippen LogP contribution is 2.35. The van der Waals surface area contributed by atoms with Gasteiger partial charge in [0.2, 0.25) is 0 Å². The van der Waals surface area contributed by atoms with E-state index in [-0.39, 0.29) is 25.3 Å². The molecule has 1 fully saturated rings. The Balaban J connectivity index is 3.17. The molecule has 0 saturated carbocycles. The van der Waals surface area contributed by atoms with Crippen LogP contribution in [-0.2, 0) is 23.9 Å². The van der Waals surface area contributed by atoms with Gasteiger partial charge in [-0.3, -0.25) is 19.3 Å². The summed E-state index contributed by atoms with van der Waals surface area (Å²) in [7, 11) is 0. The van der Waals surface area contributed by atoms with Crippen LogP contribution in [0.1, 0.15) is 59.3 Å². The predicted octanol–water partition coefficient (Wildman–Crippen LogP) is 1.52. The van der Waals surface area contributed by atoms with Crippen molar-refractivity contribution in [2.75, 3.05) is 18.9 Å². The normalized spacial score (nSPS) is 22.3. The number of hydrogen-bond donors (Lipinski definition) is 3. The molecule has 0 aromatic carbocycles. The molecule has 0 spiro atoms. The number of carboxylic acid groups (broad SMARTS) is 2. The molecule has 9 nitrogen and oxygen atoms in total. The summed E-state index contributed by atoms with van der Waals surface area (Å²) in [6.07, 6.45) is 3.51. The lowest BCUT2D eigenvalue weighted by Crippen LogP contribution is -2.65. The summed E-state index contributed by atoms with van der Waals surface area (Å²) < 4.78 is 5.14. The van der Waals surface area contributed by atoms with Crippen molar-refractivity contribution in [2.45, 2.75) is 82.2 Å². The maximum atomic E-state index is 12.8. The third kappa shape index (κ3) is 6.18. The van der Waals surface area contributed by atoms with Crippen LogP contribution in [0.15, 0.2) is 0 Å². The van der Waals surface area contributed by atoms with E-state index < -0.39 is 46.6 Å². The average Bonchev–Trinajstić information content (AvgIpc) is 3.12. The van der Waals surface area contributed by atoms with Crippen LogP contribution >= 0.6 is 11.8 Å². The first-order valence-corrected chi connectivity index (χ1v) is 11.5. The lowest BCUT2D eigenvalue weighted by molar-refractivity contribution is -0.162. The smallest absolute Gasteiger partial charge is 0.332 e. The van der Waals surface area contributed by atoms with Gasteiger partial charge in [0.15, 0.2) is 11.3 Å². The number of ether oxygens (including phenoxy) is 1. The highest BCUT2D eigenvalue weighted by Gasteiger charge is 2.57. The van der Waals surface area contributed by atoms with E-state index in [1.165, 1.54) is 11.8 Å². The van der Waals surface area contributed by atoms with E-state index in [1.807, 2.05) is 6.92 Å². The molecular formula is C20H34N2O7S. The van der Waals surface area contributed by atoms with Crippen molar-refractivity contribution in [1.82, 2.24) is 4.90 Å². The molecule has 0 bridgehead atoms. The maximum Gasteiger partial charge on any atom is 0.332 e. The highest BCUT2D eigenvalue weighted by atomic mass is 32.2. The van der Waals surface area contributed by atoms with Gasteiger partial charge in [-0.15, -0.1) is 11.8 Å². The van der Waals surface area contributed by atoms with Crippen LogP contribution in [0.2, 0.25) is 0 Å². The molecule has 1 aliphatic heterocycles. The topological polar surface area (TPSA) is 147 Å². The zero-order chi connectivity index (χ0) is 22.9. The number of likely N-dealkylation sites (tertiary alicyclic amines) is 1. The fourth-order valence-corrected chi connectivity index (χ4v) is 5.03. The van der Waals surface area contributed by atoms with Gasteiger partial charge in [-0.2, -0.15) is 0 Å². The minimum atomic E-state index is -1.91. The standard InChI is InChI=1S/C20H34N2O7S/c1-4-6-7-9-15(17(24)25)30-12-14(18(26)29-5-2)22-11-8-10-20(22,19(27)28)16(23)13(3)21/h13-15H,4-12,21H2,1-3H3,(H,24,25)(H,27,28)/t13?,14-,15-,20?/m0/s1. The predicted molar refractivity (Wildman–Crippen MR) is 113 cm³/mol. The summed E-state index contributed by atoms with van der Waals surface area (Å²) in [6, 6.07) is -2.07. The summed E-state index contributed by atoms with van der Waals surface area (Å²) in [6.45, 7) is 5.38. The van der Waals surface area contributed by atoms with Crippen molar-refractivity contribution < 1.29 is 34.1 Å². The summed E-state index contributed by atoms with van der Waals surface area (Å²) in [5, 5.41) is 18.8. The quantitative estimate of drug-likeness (QED) is 0.204. The number of aliphatic carboxylic acids is 2. The third-order valence-electron chi connectivity index (χ3n) is 5.34. The molecule has 10 heteroatoms. The minimum absolute atomic E-state index is 0.0171. The average molecular weight is 447 g/mol. The second-order valence-electron chi connectivity index (χ2n) is 7.54. The number of nitrogens with zero attached hydrogens (tertiary/aromatic N) is 1. The van der Waals surface area contributed by atoms with E-state index in [2.05, 4.69) is 0 Å². The zero-order valence-corrected chi connectivity index (χ0v) is 18.8. The lowest BCUT2D eigenvalue weighted by Gasteiger charge is -2.38. The number of carbonyl (C=O) groups excluding carboxylic acids is 2. The van der Waals surface area contributed by atoms with Gasteiger partial charge in [0.25, 0.3) is 0 Å². The Labute approximate surface area is 181 Å². The fourth-order valence-electron chi connectivity index (χ4n) is 3.83. The number of carboxylic acids is 2. The number of hydrogen-bond acceptors (Lipinski definition) is 8. The first-order chi connectivity index (χ1) is 14.1. The van der Waals surface area contributed by atoms with Crippen LogP contribution in [0.5, 0.6) is 0 Å². The second kappa shape index (κ2) is 12.3. The van der Waals surface area contributed by atoms with Crippen molar-refractivity contribution in [3.8, 4) is 0 Å². The van der Waals surface area contributed by atoms with Gasteiger partial charge in [0, 0.05) is 12.3 Å². The van der Waals surface area contributed by atoms with Crippen LogP contribution < -0.4 is 5.73 Å². The van der Waals surface area contributed by atoms with E-state index in [0.717, 1.165) is 31.0 Å². The number of carbonyl (C=O) groups is 4. The molecule has 1 aliphatic rings. The maximum absolute atomic E-state index is 12.8. The van der Waals surface area contributed by atoms with Crippen molar-refractivity contribution in [3.63, 3.8) is 0 Å². The number of ketones is 1. The van der Waals surface area contributed by atoms with E-state index in [9.17, 15) is 29.4 Å². The van der Waals surface area contributed by atoms with Crippen LogP contribution in [0, 0.1) is 0 Å². The molecule has 1 saturated heterocycles. The largest absolute Gasteiger partial charge is 0.480 e. The number of rotatable bonds is 14. The second-order valence-corrected chi connectivity index (χ2v) is 8.77. The number of nitrogens with two attached hydrogens (primary N) is 1. The number of thioether (sulfide) groups is 1. The lowest BCUT2D eigenvalue weighted by atomic mass is 9.86. The summed E-state index contributed by atoms with van der Waals surface area (Å²) in [5.74, 6) is -3.63. The zero-order valence-electron chi connectivity index (χ0n) is 18.0. The molecular weight excluding hydrogens is 412 g/mol. The monoisotopic (exact) mass is 446 g/mol. The molecule has 1 rings (SSSR count). The van der Waals surface area contributed by atoms with Crippen LogP contribution in [0.3, 0.4) is 0 Å². The molecule has 0 aromatic heterocycles. The number of esters is 1.